The van der Waals surface area contributed by atoms with Gasteiger partial charge in [0.15, 0.2) is 0 Å². The Morgan fingerprint density at radius 3 is 2.38 bits per heavy atom. The summed E-state index contributed by atoms with van der Waals surface area (Å²) in [4.78, 5) is 33.0. The highest BCUT2D eigenvalue weighted by Crippen LogP contribution is 2.28. The first kappa shape index (κ1) is 22.0. The van der Waals surface area contributed by atoms with Gasteiger partial charge in [0.25, 0.3) is 5.91 Å². The van der Waals surface area contributed by atoms with E-state index in [4.69, 9.17) is 4.74 Å². The van der Waals surface area contributed by atoms with Gasteiger partial charge in [-0.15, -0.1) is 0 Å². The molecular weight excluding hydrogens is 426 g/mol. The van der Waals surface area contributed by atoms with E-state index in [0.717, 1.165) is 35.7 Å². The van der Waals surface area contributed by atoms with Crippen molar-refractivity contribution >= 4 is 17.5 Å². The second-order valence-electron chi connectivity index (χ2n) is 8.81. The Bertz CT molecular complexity index is 1170. The summed E-state index contributed by atoms with van der Waals surface area (Å²) in [5, 5.41) is 0. The lowest BCUT2D eigenvalue weighted by atomic mass is 10.0. The number of methoxy groups -OCH3 is 1. The Kier molecular flexibility index (Phi) is 6.21. The fourth-order valence-corrected chi connectivity index (χ4v) is 4.90. The third kappa shape index (κ3) is 4.36. The largest absolute Gasteiger partial charge is 0.497 e. The Balaban J connectivity index is 1.33. The molecule has 0 N–H and O–H groups in total. The fourth-order valence-electron chi connectivity index (χ4n) is 4.90. The molecule has 2 heterocycles. The number of rotatable bonds is 6. The zero-order valence-corrected chi connectivity index (χ0v) is 19.4. The van der Waals surface area contributed by atoms with E-state index in [2.05, 4.69) is 11.0 Å². The normalized spacial score (nSPS) is 16.4. The van der Waals surface area contributed by atoms with Crippen molar-refractivity contribution in [1.82, 2.24) is 9.80 Å². The lowest BCUT2D eigenvalue weighted by molar-refractivity contribution is -0.136. The Morgan fingerprint density at radius 1 is 0.912 bits per heavy atom. The van der Waals surface area contributed by atoms with Crippen molar-refractivity contribution in [1.29, 1.82) is 0 Å². The summed E-state index contributed by atoms with van der Waals surface area (Å²) >= 11 is 0. The van der Waals surface area contributed by atoms with Crippen LogP contribution >= 0.6 is 0 Å². The van der Waals surface area contributed by atoms with E-state index in [1.807, 2.05) is 77.7 Å². The van der Waals surface area contributed by atoms with Crippen LogP contribution in [0.1, 0.15) is 21.5 Å². The molecule has 2 amide bonds. The number of piperazine rings is 1. The summed E-state index contributed by atoms with van der Waals surface area (Å²) in [6.07, 6.45) is 0.509. The number of ether oxygens (including phenoxy) is 1. The van der Waals surface area contributed by atoms with Crippen LogP contribution in [0.5, 0.6) is 5.75 Å². The van der Waals surface area contributed by atoms with E-state index in [-0.39, 0.29) is 11.8 Å². The quantitative estimate of drug-likeness (QED) is 0.570. The molecule has 0 unspecified atom stereocenters. The minimum absolute atomic E-state index is 0.0234. The maximum absolute atomic E-state index is 13.8. The van der Waals surface area contributed by atoms with Gasteiger partial charge < -0.3 is 19.4 Å². The summed E-state index contributed by atoms with van der Waals surface area (Å²) in [6, 6.07) is 25.1. The molecular formula is C28H29N3O3. The Hall–Kier alpha value is -3.80. The van der Waals surface area contributed by atoms with Crippen LogP contribution in [-0.2, 0) is 17.8 Å². The number of nitrogens with zero attached hydrogens (tertiary/aromatic N) is 3. The van der Waals surface area contributed by atoms with Crippen molar-refractivity contribution in [2.24, 2.45) is 0 Å². The zero-order valence-electron chi connectivity index (χ0n) is 19.4. The molecule has 2 aliphatic rings. The van der Waals surface area contributed by atoms with E-state index in [1.165, 1.54) is 0 Å². The zero-order chi connectivity index (χ0) is 23.5. The lowest BCUT2D eigenvalue weighted by Gasteiger charge is -2.39. The molecule has 0 saturated carbocycles. The van der Waals surface area contributed by atoms with E-state index in [9.17, 15) is 9.59 Å². The van der Waals surface area contributed by atoms with Crippen LogP contribution in [0.15, 0.2) is 78.9 Å². The SMILES string of the molecule is COc1cccc(N2CCN(C(=O)[C@@H](Cc3ccccc3)N3Cc4ccccc4C3=O)CC2)c1. The molecule has 0 radical (unpaired) electrons. The number of benzene rings is 3. The average Bonchev–Trinajstić information content (AvgIpc) is 3.24. The molecule has 3 aromatic carbocycles. The molecule has 6 heteroatoms. The first-order chi connectivity index (χ1) is 16.6. The van der Waals surface area contributed by atoms with Gasteiger partial charge in [-0.1, -0.05) is 54.6 Å². The summed E-state index contributed by atoms with van der Waals surface area (Å²) in [6.45, 7) is 3.20. The van der Waals surface area contributed by atoms with Crippen molar-refractivity contribution in [3.8, 4) is 5.75 Å². The predicted octanol–water partition coefficient (Wildman–Crippen LogP) is 3.61. The molecule has 0 aliphatic carbocycles. The number of amides is 2. The van der Waals surface area contributed by atoms with E-state index < -0.39 is 6.04 Å². The summed E-state index contributed by atoms with van der Waals surface area (Å²) in [5.41, 5.74) is 3.84. The molecule has 0 aromatic heterocycles. The lowest BCUT2D eigenvalue weighted by Crippen LogP contribution is -2.55. The predicted molar refractivity (Wildman–Crippen MR) is 132 cm³/mol. The molecule has 34 heavy (non-hydrogen) atoms. The maximum atomic E-state index is 13.8. The Morgan fingerprint density at radius 2 is 1.65 bits per heavy atom. The maximum Gasteiger partial charge on any atom is 0.255 e. The number of hydrogen-bond acceptors (Lipinski definition) is 4. The van der Waals surface area contributed by atoms with E-state index >= 15 is 0 Å². The molecule has 0 bridgehead atoms. The fraction of sp³-hybridized carbons (Fsp3) is 0.286. The van der Waals surface area contributed by atoms with Gasteiger partial charge in [-0.05, 0) is 29.3 Å². The van der Waals surface area contributed by atoms with Crippen LogP contribution in [0.25, 0.3) is 0 Å². The molecule has 5 rings (SSSR count). The third-order valence-electron chi connectivity index (χ3n) is 6.79. The van der Waals surface area contributed by atoms with Crippen LogP contribution in [0, 0.1) is 0 Å². The molecule has 174 valence electrons. The van der Waals surface area contributed by atoms with Crippen LogP contribution in [-0.4, -0.2) is 60.9 Å². The number of carbonyl (C=O) groups is 2. The highest BCUT2D eigenvalue weighted by Gasteiger charge is 2.38. The molecule has 1 saturated heterocycles. The number of anilines is 1. The number of fused-ring (bicyclic) bond motifs is 1. The molecule has 0 spiro atoms. The standard InChI is InChI=1S/C28H29N3O3/c1-34-24-12-7-11-23(19-24)29-14-16-30(17-15-29)28(33)26(18-21-8-3-2-4-9-21)31-20-22-10-5-6-13-25(22)27(31)32/h2-13,19,26H,14-18,20H2,1H3/t26-/m1/s1. The van der Waals surface area contributed by atoms with Crippen molar-refractivity contribution in [3.05, 3.63) is 95.6 Å². The molecule has 6 nitrogen and oxygen atoms in total. The minimum atomic E-state index is -0.523. The molecule has 1 atom stereocenters. The monoisotopic (exact) mass is 455 g/mol. The van der Waals surface area contributed by atoms with Gasteiger partial charge in [-0.2, -0.15) is 0 Å². The number of carbonyl (C=O) groups excluding carboxylic acids is 2. The van der Waals surface area contributed by atoms with Gasteiger partial charge in [0.2, 0.25) is 5.91 Å². The molecule has 2 aliphatic heterocycles. The van der Waals surface area contributed by atoms with Crippen LogP contribution in [0.3, 0.4) is 0 Å². The first-order valence-electron chi connectivity index (χ1n) is 11.7. The van der Waals surface area contributed by atoms with E-state index in [1.54, 1.807) is 12.0 Å². The van der Waals surface area contributed by atoms with Crippen molar-refractivity contribution in [2.75, 3.05) is 38.2 Å². The summed E-state index contributed by atoms with van der Waals surface area (Å²) < 4.78 is 5.36. The highest BCUT2D eigenvalue weighted by molar-refractivity contribution is 6.01. The van der Waals surface area contributed by atoms with Gasteiger partial charge in [0, 0.05) is 56.5 Å². The summed E-state index contributed by atoms with van der Waals surface area (Å²) in [5.74, 6) is 0.793. The van der Waals surface area contributed by atoms with Gasteiger partial charge >= 0.3 is 0 Å². The smallest absolute Gasteiger partial charge is 0.255 e. The van der Waals surface area contributed by atoms with Gasteiger partial charge in [0.05, 0.1) is 7.11 Å². The topological polar surface area (TPSA) is 53.1 Å². The van der Waals surface area contributed by atoms with Gasteiger partial charge in [-0.25, -0.2) is 0 Å². The van der Waals surface area contributed by atoms with Crippen molar-refractivity contribution in [3.63, 3.8) is 0 Å². The minimum Gasteiger partial charge on any atom is -0.497 e. The van der Waals surface area contributed by atoms with Crippen molar-refractivity contribution < 1.29 is 14.3 Å². The Labute approximate surface area is 200 Å². The van der Waals surface area contributed by atoms with Crippen molar-refractivity contribution in [2.45, 2.75) is 19.0 Å². The second-order valence-corrected chi connectivity index (χ2v) is 8.81. The van der Waals surface area contributed by atoms with Gasteiger partial charge in [-0.3, -0.25) is 9.59 Å². The van der Waals surface area contributed by atoms with Gasteiger partial charge in [0.1, 0.15) is 11.8 Å². The van der Waals surface area contributed by atoms with Crippen LogP contribution in [0.4, 0.5) is 5.69 Å². The van der Waals surface area contributed by atoms with Crippen LogP contribution < -0.4 is 9.64 Å². The summed E-state index contributed by atoms with van der Waals surface area (Å²) in [7, 11) is 1.67. The highest BCUT2D eigenvalue weighted by atomic mass is 16.5. The number of hydrogen-bond donors (Lipinski definition) is 0. The molecule has 3 aromatic rings. The molecule has 1 fully saturated rings. The second kappa shape index (κ2) is 9.59. The van der Waals surface area contributed by atoms with E-state index in [0.29, 0.717) is 31.6 Å². The first-order valence-corrected chi connectivity index (χ1v) is 11.7. The van der Waals surface area contributed by atoms with Crippen LogP contribution in [0.2, 0.25) is 0 Å². The average molecular weight is 456 g/mol. The third-order valence-corrected chi connectivity index (χ3v) is 6.79.